The van der Waals surface area contributed by atoms with Crippen LogP contribution in [-0.2, 0) is 0 Å². The normalized spacial score (nSPS) is 12.2. The van der Waals surface area contributed by atoms with Crippen LogP contribution in [0.4, 0.5) is 8.78 Å². The van der Waals surface area contributed by atoms with Gasteiger partial charge in [-0.3, -0.25) is 0 Å². The van der Waals surface area contributed by atoms with Crippen LogP contribution in [0.2, 0.25) is 0 Å². The molecular weight excluding hydrogens is 276 g/mol. The maximum Gasteiger partial charge on any atom is 0.387 e. The fourth-order valence-electron chi connectivity index (χ4n) is 1.98. The summed E-state index contributed by atoms with van der Waals surface area (Å²) in [6.07, 6.45) is 0. The first-order chi connectivity index (χ1) is 10.1. The molecule has 0 aromatic heterocycles. The molecule has 0 amide bonds. The van der Waals surface area contributed by atoms with E-state index < -0.39 is 12.7 Å². The predicted octanol–water partition coefficient (Wildman–Crippen LogP) is 3.68. The maximum atomic E-state index is 12.4. The van der Waals surface area contributed by atoms with Gasteiger partial charge in [-0.1, -0.05) is 36.4 Å². The van der Waals surface area contributed by atoms with Crippen LogP contribution in [0.15, 0.2) is 48.5 Å². The summed E-state index contributed by atoms with van der Waals surface area (Å²) in [5, 5.41) is 0. The Kier molecular flexibility index (Phi) is 5.11. The third kappa shape index (κ3) is 4.16. The van der Waals surface area contributed by atoms with Gasteiger partial charge >= 0.3 is 6.61 Å². The van der Waals surface area contributed by atoms with E-state index in [1.165, 1.54) is 6.07 Å². The van der Waals surface area contributed by atoms with Gasteiger partial charge in [0, 0.05) is 5.56 Å². The van der Waals surface area contributed by atoms with Crippen molar-refractivity contribution in [1.29, 1.82) is 0 Å². The molecule has 0 aliphatic carbocycles. The Morgan fingerprint density at radius 2 is 1.62 bits per heavy atom. The van der Waals surface area contributed by atoms with E-state index in [1.807, 2.05) is 31.2 Å². The summed E-state index contributed by atoms with van der Waals surface area (Å²) in [5.41, 5.74) is 7.50. The molecule has 0 spiro atoms. The second-order valence-corrected chi connectivity index (χ2v) is 4.60. The third-order valence-corrected chi connectivity index (χ3v) is 3.05. The standard InChI is InChI=1S/C16H17F2NO2/c1-11-6-2-4-8-14(11)20-10-13(19)12-7-3-5-9-15(12)21-16(17)18/h2-9,13,16H,10,19H2,1H3. The minimum Gasteiger partial charge on any atom is -0.491 e. The summed E-state index contributed by atoms with van der Waals surface area (Å²) in [6.45, 7) is -0.779. The van der Waals surface area contributed by atoms with Crippen molar-refractivity contribution >= 4 is 0 Å². The van der Waals surface area contributed by atoms with Gasteiger partial charge < -0.3 is 15.2 Å². The van der Waals surface area contributed by atoms with Gasteiger partial charge in [0.2, 0.25) is 0 Å². The number of aryl methyl sites for hydroxylation is 1. The molecule has 0 saturated carbocycles. The molecule has 21 heavy (non-hydrogen) atoms. The van der Waals surface area contributed by atoms with Crippen molar-refractivity contribution in [3.05, 3.63) is 59.7 Å². The monoisotopic (exact) mass is 293 g/mol. The molecule has 0 bridgehead atoms. The van der Waals surface area contributed by atoms with E-state index >= 15 is 0 Å². The molecule has 2 aromatic rings. The molecule has 0 aliphatic rings. The topological polar surface area (TPSA) is 44.5 Å². The number of hydrogen-bond donors (Lipinski definition) is 1. The van der Waals surface area contributed by atoms with Crippen LogP contribution < -0.4 is 15.2 Å². The summed E-state index contributed by atoms with van der Waals surface area (Å²) < 4.78 is 34.9. The predicted molar refractivity (Wildman–Crippen MR) is 76.7 cm³/mol. The zero-order chi connectivity index (χ0) is 15.2. The van der Waals surface area contributed by atoms with Crippen LogP contribution in [0.5, 0.6) is 11.5 Å². The molecule has 0 saturated heterocycles. The smallest absolute Gasteiger partial charge is 0.387 e. The zero-order valence-electron chi connectivity index (χ0n) is 11.6. The van der Waals surface area contributed by atoms with Crippen molar-refractivity contribution in [3.63, 3.8) is 0 Å². The Morgan fingerprint density at radius 1 is 1.00 bits per heavy atom. The van der Waals surface area contributed by atoms with E-state index in [9.17, 15) is 8.78 Å². The Bertz CT molecular complexity index is 590. The van der Waals surface area contributed by atoms with Crippen LogP contribution in [0, 0.1) is 6.92 Å². The van der Waals surface area contributed by atoms with Crippen LogP contribution in [0.1, 0.15) is 17.2 Å². The number of alkyl halides is 2. The van der Waals surface area contributed by atoms with Gasteiger partial charge in [-0.15, -0.1) is 0 Å². The van der Waals surface area contributed by atoms with Crippen LogP contribution in [0.25, 0.3) is 0 Å². The molecule has 0 fully saturated rings. The first-order valence-corrected chi connectivity index (χ1v) is 6.55. The van der Waals surface area contributed by atoms with Crippen LogP contribution in [0.3, 0.4) is 0 Å². The summed E-state index contributed by atoms with van der Waals surface area (Å²) in [7, 11) is 0. The molecule has 0 heterocycles. The molecule has 2 rings (SSSR count). The number of hydrogen-bond acceptors (Lipinski definition) is 3. The first-order valence-electron chi connectivity index (χ1n) is 6.55. The summed E-state index contributed by atoms with van der Waals surface area (Å²) >= 11 is 0. The van der Waals surface area contributed by atoms with Gasteiger partial charge in [0.1, 0.15) is 18.1 Å². The van der Waals surface area contributed by atoms with Gasteiger partial charge in [-0.05, 0) is 24.6 Å². The molecule has 112 valence electrons. The number of benzene rings is 2. The molecule has 0 aliphatic heterocycles. The highest BCUT2D eigenvalue weighted by Gasteiger charge is 2.15. The van der Waals surface area contributed by atoms with Gasteiger partial charge in [-0.25, -0.2) is 0 Å². The fourth-order valence-corrected chi connectivity index (χ4v) is 1.98. The molecular formula is C16H17F2NO2. The van der Waals surface area contributed by atoms with Gasteiger partial charge in [0.15, 0.2) is 0 Å². The van der Waals surface area contributed by atoms with E-state index in [0.717, 1.165) is 11.3 Å². The molecule has 1 unspecified atom stereocenters. The highest BCUT2D eigenvalue weighted by molar-refractivity contribution is 5.36. The molecule has 5 heteroatoms. The van der Waals surface area contributed by atoms with E-state index in [2.05, 4.69) is 4.74 Å². The van der Waals surface area contributed by atoms with Crippen molar-refractivity contribution in [2.45, 2.75) is 19.6 Å². The lowest BCUT2D eigenvalue weighted by atomic mass is 10.1. The quantitative estimate of drug-likeness (QED) is 0.883. The SMILES string of the molecule is Cc1ccccc1OCC(N)c1ccccc1OC(F)F. The van der Waals surface area contributed by atoms with E-state index in [1.54, 1.807) is 18.2 Å². The lowest BCUT2D eigenvalue weighted by molar-refractivity contribution is -0.0507. The molecule has 2 N–H and O–H groups in total. The molecule has 3 nitrogen and oxygen atoms in total. The maximum absolute atomic E-state index is 12.4. The minimum absolute atomic E-state index is 0.0772. The van der Waals surface area contributed by atoms with Crippen LogP contribution >= 0.6 is 0 Å². The molecule has 2 aromatic carbocycles. The number of halogens is 2. The third-order valence-electron chi connectivity index (χ3n) is 3.05. The van der Waals surface area contributed by atoms with Gasteiger partial charge in [0.05, 0.1) is 6.04 Å². The second kappa shape index (κ2) is 7.04. The number of ether oxygens (including phenoxy) is 2. The minimum atomic E-state index is -2.88. The summed E-state index contributed by atoms with van der Waals surface area (Å²) in [6, 6.07) is 13.4. The van der Waals surface area contributed by atoms with E-state index in [4.69, 9.17) is 10.5 Å². The van der Waals surface area contributed by atoms with Crippen molar-refractivity contribution in [3.8, 4) is 11.5 Å². The highest BCUT2D eigenvalue weighted by atomic mass is 19.3. The van der Waals surface area contributed by atoms with Gasteiger partial charge in [-0.2, -0.15) is 8.78 Å². The fraction of sp³-hybridized carbons (Fsp3) is 0.250. The molecule has 1 atom stereocenters. The van der Waals surface area contributed by atoms with E-state index in [0.29, 0.717) is 5.56 Å². The lowest BCUT2D eigenvalue weighted by Gasteiger charge is -2.18. The largest absolute Gasteiger partial charge is 0.491 e. The number of rotatable bonds is 6. The lowest BCUT2D eigenvalue weighted by Crippen LogP contribution is -2.20. The van der Waals surface area contributed by atoms with Crippen molar-refractivity contribution in [2.24, 2.45) is 5.73 Å². The average Bonchev–Trinajstić information content (AvgIpc) is 2.46. The average molecular weight is 293 g/mol. The number of nitrogens with two attached hydrogens (primary N) is 1. The van der Waals surface area contributed by atoms with Gasteiger partial charge in [0.25, 0.3) is 0 Å². The Balaban J connectivity index is 2.07. The zero-order valence-corrected chi connectivity index (χ0v) is 11.6. The number of para-hydroxylation sites is 2. The molecule has 0 radical (unpaired) electrons. The highest BCUT2D eigenvalue weighted by Crippen LogP contribution is 2.26. The van der Waals surface area contributed by atoms with Crippen molar-refractivity contribution in [1.82, 2.24) is 0 Å². The van der Waals surface area contributed by atoms with Crippen molar-refractivity contribution < 1.29 is 18.3 Å². The van der Waals surface area contributed by atoms with E-state index in [-0.39, 0.29) is 12.4 Å². The Labute approximate surface area is 122 Å². The summed E-state index contributed by atoms with van der Waals surface area (Å²) in [4.78, 5) is 0. The van der Waals surface area contributed by atoms with Crippen molar-refractivity contribution in [2.75, 3.05) is 6.61 Å². The Morgan fingerprint density at radius 3 is 2.29 bits per heavy atom. The second-order valence-electron chi connectivity index (χ2n) is 4.60. The first kappa shape index (κ1) is 15.3. The summed E-state index contributed by atoms with van der Waals surface area (Å²) in [5.74, 6) is 0.800. The van der Waals surface area contributed by atoms with Crippen LogP contribution in [-0.4, -0.2) is 13.2 Å². The Hall–Kier alpha value is -2.14.